The first-order valence-corrected chi connectivity index (χ1v) is 8.88. The molecule has 1 saturated heterocycles. The Morgan fingerprint density at radius 2 is 1.67 bits per heavy atom. The van der Waals surface area contributed by atoms with Crippen molar-refractivity contribution in [1.29, 1.82) is 0 Å². The molecular weight excluding hydrogens is 350 g/mol. The quantitative estimate of drug-likeness (QED) is 0.726. The molecule has 27 heavy (non-hydrogen) atoms. The maximum absolute atomic E-state index is 12.3. The van der Waals surface area contributed by atoms with E-state index >= 15 is 0 Å². The number of alkyl halides is 2. The van der Waals surface area contributed by atoms with Crippen molar-refractivity contribution < 1.29 is 18.3 Å². The SMILES string of the molecule is O=C(/C=C\c1ccc(OC(F)F)cc1)N1CCN(Cc2ccccc2)CC1. The number of carbonyl (C=O) groups is 1. The second-order valence-electron chi connectivity index (χ2n) is 6.37. The molecule has 4 nitrogen and oxygen atoms in total. The summed E-state index contributed by atoms with van der Waals surface area (Å²) in [7, 11) is 0. The van der Waals surface area contributed by atoms with Gasteiger partial charge in [-0.15, -0.1) is 0 Å². The topological polar surface area (TPSA) is 32.8 Å². The summed E-state index contributed by atoms with van der Waals surface area (Å²) in [6, 6.07) is 16.5. The Balaban J connectivity index is 1.47. The standard InChI is InChI=1S/C21H22F2N2O2/c22-21(23)27-19-9-6-17(7-10-19)8-11-20(26)25-14-12-24(13-15-25)16-18-4-2-1-3-5-18/h1-11,21H,12-16H2/b11-8-. The van der Waals surface area contributed by atoms with Gasteiger partial charge >= 0.3 is 6.61 Å². The number of rotatable bonds is 6. The molecule has 1 fully saturated rings. The van der Waals surface area contributed by atoms with Gasteiger partial charge < -0.3 is 9.64 Å². The van der Waals surface area contributed by atoms with E-state index in [0.29, 0.717) is 13.1 Å². The molecular formula is C21H22F2N2O2. The van der Waals surface area contributed by atoms with Gasteiger partial charge in [0.05, 0.1) is 0 Å². The molecule has 142 valence electrons. The van der Waals surface area contributed by atoms with Crippen LogP contribution in [0, 0.1) is 0 Å². The smallest absolute Gasteiger partial charge is 0.387 e. The Labute approximate surface area is 157 Å². The van der Waals surface area contributed by atoms with Gasteiger partial charge in [-0.1, -0.05) is 42.5 Å². The highest BCUT2D eigenvalue weighted by atomic mass is 19.3. The average molecular weight is 372 g/mol. The summed E-state index contributed by atoms with van der Waals surface area (Å²) < 4.78 is 28.6. The number of carbonyl (C=O) groups excluding carboxylic acids is 1. The molecule has 1 heterocycles. The normalized spacial score (nSPS) is 15.4. The van der Waals surface area contributed by atoms with Gasteiger partial charge in [0.1, 0.15) is 5.75 Å². The van der Waals surface area contributed by atoms with Crippen molar-refractivity contribution in [3.05, 3.63) is 71.8 Å². The van der Waals surface area contributed by atoms with Crippen LogP contribution in [0.4, 0.5) is 8.78 Å². The maximum Gasteiger partial charge on any atom is 0.387 e. The lowest BCUT2D eigenvalue weighted by atomic mass is 10.2. The molecule has 2 aromatic carbocycles. The summed E-state index contributed by atoms with van der Waals surface area (Å²) in [5.41, 5.74) is 2.03. The van der Waals surface area contributed by atoms with Crippen LogP contribution in [0.2, 0.25) is 0 Å². The predicted molar refractivity (Wildman–Crippen MR) is 100 cm³/mol. The maximum atomic E-state index is 12.3. The van der Waals surface area contributed by atoms with E-state index in [2.05, 4.69) is 21.8 Å². The van der Waals surface area contributed by atoms with Gasteiger partial charge in [-0.05, 0) is 29.3 Å². The summed E-state index contributed by atoms with van der Waals surface area (Å²) >= 11 is 0. The van der Waals surface area contributed by atoms with Gasteiger partial charge in [0.15, 0.2) is 0 Å². The molecule has 0 unspecified atom stereocenters. The van der Waals surface area contributed by atoms with Crippen molar-refractivity contribution in [3.8, 4) is 5.75 Å². The van der Waals surface area contributed by atoms with Crippen molar-refractivity contribution in [2.75, 3.05) is 26.2 Å². The fraction of sp³-hybridized carbons (Fsp3) is 0.286. The van der Waals surface area contributed by atoms with Crippen LogP contribution >= 0.6 is 0 Å². The Morgan fingerprint density at radius 3 is 2.30 bits per heavy atom. The van der Waals surface area contributed by atoms with Crippen LogP contribution in [0.5, 0.6) is 5.75 Å². The van der Waals surface area contributed by atoms with Crippen molar-refractivity contribution in [2.45, 2.75) is 13.2 Å². The van der Waals surface area contributed by atoms with Crippen LogP contribution in [0.25, 0.3) is 6.08 Å². The summed E-state index contributed by atoms with van der Waals surface area (Å²) in [6.07, 6.45) is 3.21. The molecule has 3 rings (SSSR count). The lowest BCUT2D eigenvalue weighted by molar-refractivity contribution is -0.127. The summed E-state index contributed by atoms with van der Waals surface area (Å²) in [5.74, 6) is 0.0604. The number of ether oxygens (including phenoxy) is 1. The highest BCUT2D eigenvalue weighted by Crippen LogP contribution is 2.16. The predicted octanol–water partition coefficient (Wildman–Crippen LogP) is 3.65. The molecule has 0 saturated carbocycles. The minimum absolute atomic E-state index is 0.0396. The first-order valence-electron chi connectivity index (χ1n) is 8.88. The van der Waals surface area contributed by atoms with Gasteiger partial charge in [0.25, 0.3) is 0 Å². The molecule has 1 aliphatic rings. The van der Waals surface area contributed by atoms with Crippen molar-refractivity contribution in [2.24, 2.45) is 0 Å². The zero-order valence-electron chi connectivity index (χ0n) is 14.9. The Bertz CT molecular complexity index is 756. The Hall–Kier alpha value is -2.73. The Kier molecular flexibility index (Phi) is 6.54. The first-order chi connectivity index (χ1) is 13.1. The van der Waals surface area contributed by atoms with E-state index in [-0.39, 0.29) is 11.7 Å². The molecule has 0 spiro atoms. The zero-order valence-corrected chi connectivity index (χ0v) is 14.9. The largest absolute Gasteiger partial charge is 0.435 e. The lowest BCUT2D eigenvalue weighted by Crippen LogP contribution is -2.47. The van der Waals surface area contributed by atoms with Crippen LogP contribution in [0.1, 0.15) is 11.1 Å². The number of piperazine rings is 1. The number of hydrogen-bond acceptors (Lipinski definition) is 3. The molecule has 2 aromatic rings. The highest BCUT2D eigenvalue weighted by Gasteiger charge is 2.19. The van der Waals surface area contributed by atoms with E-state index in [1.807, 2.05) is 23.1 Å². The van der Waals surface area contributed by atoms with Crippen LogP contribution in [0.3, 0.4) is 0 Å². The molecule has 0 atom stereocenters. The highest BCUT2D eigenvalue weighted by molar-refractivity contribution is 5.91. The third-order valence-electron chi connectivity index (χ3n) is 4.46. The molecule has 0 aliphatic carbocycles. The minimum atomic E-state index is -2.84. The van der Waals surface area contributed by atoms with Crippen LogP contribution < -0.4 is 4.74 Å². The third-order valence-corrected chi connectivity index (χ3v) is 4.46. The van der Waals surface area contributed by atoms with Crippen LogP contribution in [0.15, 0.2) is 60.7 Å². The summed E-state index contributed by atoms with van der Waals surface area (Å²) in [5, 5.41) is 0. The minimum Gasteiger partial charge on any atom is -0.435 e. The molecule has 0 bridgehead atoms. The van der Waals surface area contributed by atoms with Gasteiger partial charge in [-0.2, -0.15) is 8.78 Å². The lowest BCUT2D eigenvalue weighted by Gasteiger charge is -2.34. The van der Waals surface area contributed by atoms with Crippen molar-refractivity contribution in [3.63, 3.8) is 0 Å². The number of amides is 1. The number of hydrogen-bond donors (Lipinski definition) is 0. The molecule has 1 amide bonds. The van der Waals surface area contributed by atoms with E-state index in [1.165, 1.54) is 23.8 Å². The first kappa shape index (κ1) is 19.0. The molecule has 0 radical (unpaired) electrons. The van der Waals surface area contributed by atoms with Gasteiger partial charge in [0, 0.05) is 38.8 Å². The molecule has 0 aromatic heterocycles. The van der Waals surface area contributed by atoms with Crippen LogP contribution in [-0.4, -0.2) is 48.5 Å². The zero-order chi connectivity index (χ0) is 19.1. The molecule has 1 aliphatic heterocycles. The van der Waals surface area contributed by atoms with Gasteiger partial charge in [-0.3, -0.25) is 9.69 Å². The molecule has 0 N–H and O–H groups in total. The van der Waals surface area contributed by atoms with Crippen LogP contribution in [-0.2, 0) is 11.3 Å². The fourth-order valence-electron chi connectivity index (χ4n) is 3.00. The average Bonchev–Trinajstić information content (AvgIpc) is 2.68. The number of benzene rings is 2. The van der Waals surface area contributed by atoms with E-state index in [1.54, 1.807) is 18.2 Å². The summed E-state index contributed by atoms with van der Waals surface area (Å²) in [4.78, 5) is 16.5. The van der Waals surface area contributed by atoms with Gasteiger partial charge in [0.2, 0.25) is 5.91 Å². The van der Waals surface area contributed by atoms with Crippen molar-refractivity contribution >= 4 is 12.0 Å². The van der Waals surface area contributed by atoms with E-state index in [9.17, 15) is 13.6 Å². The summed E-state index contributed by atoms with van der Waals surface area (Å²) in [6.45, 7) is 1.12. The van der Waals surface area contributed by atoms with Crippen molar-refractivity contribution in [1.82, 2.24) is 9.80 Å². The van der Waals surface area contributed by atoms with E-state index in [0.717, 1.165) is 25.2 Å². The monoisotopic (exact) mass is 372 g/mol. The second kappa shape index (κ2) is 9.28. The van der Waals surface area contributed by atoms with E-state index < -0.39 is 6.61 Å². The van der Waals surface area contributed by atoms with E-state index in [4.69, 9.17) is 0 Å². The second-order valence-corrected chi connectivity index (χ2v) is 6.37. The third kappa shape index (κ3) is 5.89. The Morgan fingerprint density at radius 1 is 1.00 bits per heavy atom. The molecule has 6 heteroatoms. The van der Waals surface area contributed by atoms with Gasteiger partial charge in [-0.25, -0.2) is 0 Å². The number of halogens is 2. The number of nitrogens with zero attached hydrogens (tertiary/aromatic N) is 2. The fourth-order valence-corrected chi connectivity index (χ4v) is 3.00.